The minimum absolute atomic E-state index is 0.0419. The van der Waals surface area contributed by atoms with Crippen molar-refractivity contribution in [2.24, 2.45) is 5.73 Å². The monoisotopic (exact) mass is 287 g/mol. The van der Waals surface area contributed by atoms with E-state index in [2.05, 4.69) is 0 Å². The Bertz CT molecular complexity index is 596. The second kappa shape index (κ2) is 6.99. The van der Waals surface area contributed by atoms with Gasteiger partial charge in [-0.2, -0.15) is 0 Å². The minimum atomic E-state index is 0.0419. The third kappa shape index (κ3) is 4.39. The summed E-state index contributed by atoms with van der Waals surface area (Å²) in [6.45, 7) is 2.35. The predicted molar refractivity (Wildman–Crippen MR) is 82.8 cm³/mol. The number of rotatable bonds is 6. The molecular formula is C17H21NO3. The summed E-state index contributed by atoms with van der Waals surface area (Å²) in [6.07, 6.45) is 0.715. The number of hydrogen-bond donors (Lipinski definition) is 2. The first-order valence-electron chi connectivity index (χ1n) is 6.91. The Morgan fingerprint density at radius 3 is 2.67 bits per heavy atom. The Hall–Kier alpha value is -2.20. The summed E-state index contributed by atoms with van der Waals surface area (Å²) in [7, 11) is 1.64. The smallest absolute Gasteiger partial charge is 0.123 e. The number of benzene rings is 2. The van der Waals surface area contributed by atoms with Gasteiger partial charge >= 0.3 is 0 Å². The van der Waals surface area contributed by atoms with Crippen molar-refractivity contribution < 1.29 is 14.6 Å². The third-order valence-corrected chi connectivity index (χ3v) is 3.11. The molecule has 0 saturated carbocycles. The largest absolute Gasteiger partial charge is 0.508 e. The molecule has 1 atom stereocenters. The van der Waals surface area contributed by atoms with E-state index in [1.54, 1.807) is 25.3 Å². The molecule has 2 aromatic rings. The van der Waals surface area contributed by atoms with Crippen molar-refractivity contribution in [3.8, 4) is 17.2 Å². The SMILES string of the molecule is COc1ccc(OCc2cccc(O)c2)c(CC(C)N)c1. The lowest BCUT2D eigenvalue weighted by atomic mass is 10.1. The van der Waals surface area contributed by atoms with E-state index < -0.39 is 0 Å². The van der Waals surface area contributed by atoms with Crippen LogP contribution in [-0.4, -0.2) is 18.3 Å². The van der Waals surface area contributed by atoms with Crippen LogP contribution in [0.2, 0.25) is 0 Å². The summed E-state index contributed by atoms with van der Waals surface area (Å²) in [5, 5.41) is 9.46. The van der Waals surface area contributed by atoms with Crippen molar-refractivity contribution in [2.45, 2.75) is 26.0 Å². The normalized spacial score (nSPS) is 12.0. The molecule has 0 heterocycles. The van der Waals surface area contributed by atoms with Crippen LogP contribution in [0.15, 0.2) is 42.5 Å². The van der Waals surface area contributed by atoms with E-state index in [0.717, 1.165) is 22.6 Å². The van der Waals surface area contributed by atoms with Crippen LogP contribution in [0.4, 0.5) is 0 Å². The summed E-state index contributed by atoms with van der Waals surface area (Å²) >= 11 is 0. The van der Waals surface area contributed by atoms with Gasteiger partial charge in [0.1, 0.15) is 23.9 Å². The molecule has 21 heavy (non-hydrogen) atoms. The van der Waals surface area contributed by atoms with Gasteiger partial charge in [0, 0.05) is 6.04 Å². The molecule has 0 fully saturated rings. The van der Waals surface area contributed by atoms with Crippen molar-refractivity contribution >= 4 is 0 Å². The average molecular weight is 287 g/mol. The van der Waals surface area contributed by atoms with E-state index in [4.69, 9.17) is 15.2 Å². The molecule has 0 saturated heterocycles. The molecule has 0 aromatic heterocycles. The predicted octanol–water partition coefficient (Wildman–Crippen LogP) is 2.87. The van der Waals surface area contributed by atoms with E-state index in [9.17, 15) is 5.11 Å². The first-order chi connectivity index (χ1) is 10.1. The third-order valence-electron chi connectivity index (χ3n) is 3.11. The highest BCUT2D eigenvalue weighted by atomic mass is 16.5. The maximum absolute atomic E-state index is 9.46. The lowest BCUT2D eigenvalue weighted by Crippen LogP contribution is -2.18. The van der Waals surface area contributed by atoms with Crippen LogP contribution in [-0.2, 0) is 13.0 Å². The highest BCUT2D eigenvalue weighted by molar-refractivity contribution is 5.41. The van der Waals surface area contributed by atoms with Crippen molar-refractivity contribution in [1.82, 2.24) is 0 Å². The molecule has 0 bridgehead atoms. The van der Waals surface area contributed by atoms with Gasteiger partial charge < -0.3 is 20.3 Å². The Kier molecular flexibility index (Phi) is 5.06. The number of nitrogens with two attached hydrogens (primary N) is 1. The van der Waals surface area contributed by atoms with Crippen molar-refractivity contribution in [2.75, 3.05) is 7.11 Å². The van der Waals surface area contributed by atoms with E-state index in [1.165, 1.54) is 0 Å². The van der Waals surface area contributed by atoms with Gasteiger partial charge in [-0.15, -0.1) is 0 Å². The fourth-order valence-electron chi connectivity index (χ4n) is 2.14. The molecule has 2 rings (SSSR count). The first kappa shape index (κ1) is 15.2. The molecule has 0 radical (unpaired) electrons. The van der Waals surface area contributed by atoms with Crippen molar-refractivity contribution in [3.05, 3.63) is 53.6 Å². The van der Waals surface area contributed by atoms with Gasteiger partial charge in [-0.05, 0) is 54.8 Å². The minimum Gasteiger partial charge on any atom is -0.508 e. The number of phenols is 1. The lowest BCUT2D eigenvalue weighted by molar-refractivity contribution is 0.301. The van der Waals surface area contributed by atoms with Crippen LogP contribution < -0.4 is 15.2 Å². The number of ether oxygens (including phenoxy) is 2. The van der Waals surface area contributed by atoms with Crippen LogP contribution in [0.25, 0.3) is 0 Å². The maximum Gasteiger partial charge on any atom is 0.123 e. The molecule has 1 unspecified atom stereocenters. The number of phenolic OH excluding ortho intramolecular Hbond substituents is 1. The van der Waals surface area contributed by atoms with E-state index in [-0.39, 0.29) is 11.8 Å². The highest BCUT2D eigenvalue weighted by Crippen LogP contribution is 2.26. The van der Waals surface area contributed by atoms with Crippen LogP contribution in [0.5, 0.6) is 17.2 Å². The van der Waals surface area contributed by atoms with Gasteiger partial charge in [0.25, 0.3) is 0 Å². The second-order valence-corrected chi connectivity index (χ2v) is 5.11. The summed E-state index contributed by atoms with van der Waals surface area (Å²) in [5.41, 5.74) is 7.82. The number of methoxy groups -OCH3 is 1. The fraction of sp³-hybridized carbons (Fsp3) is 0.294. The van der Waals surface area contributed by atoms with E-state index in [1.807, 2.05) is 31.2 Å². The van der Waals surface area contributed by atoms with E-state index in [0.29, 0.717) is 13.0 Å². The molecule has 4 nitrogen and oxygen atoms in total. The molecule has 0 amide bonds. The Labute approximate surface area is 125 Å². The topological polar surface area (TPSA) is 64.7 Å². The Morgan fingerprint density at radius 1 is 1.19 bits per heavy atom. The Balaban J connectivity index is 2.14. The molecule has 0 aliphatic heterocycles. The molecule has 0 aliphatic rings. The number of aromatic hydroxyl groups is 1. The summed E-state index contributed by atoms with van der Waals surface area (Å²) < 4.78 is 11.1. The first-order valence-corrected chi connectivity index (χ1v) is 6.91. The standard InChI is InChI=1S/C17H21NO3/c1-12(18)8-14-10-16(20-2)6-7-17(14)21-11-13-4-3-5-15(19)9-13/h3-7,9-10,12,19H,8,11,18H2,1-2H3. The molecule has 0 spiro atoms. The van der Waals surface area contributed by atoms with Crippen LogP contribution in [0, 0.1) is 0 Å². The fourth-order valence-corrected chi connectivity index (χ4v) is 2.14. The summed E-state index contributed by atoms with van der Waals surface area (Å²) in [4.78, 5) is 0. The molecular weight excluding hydrogens is 266 g/mol. The molecule has 2 aromatic carbocycles. The van der Waals surface area contributed by atoms with Crippen LogP contribution in [0.3, 0.4) is 0 Å². The molecule has 3 N–H and O–H groups in total. The van der Waals surface area contributed by atoms with Gasteiger partial charge in [-0.3, -0.25) is 0 Å². The quantitative estimate of drug-likeness (QED) is 0.857. The lowest BCUT2D eigenvalue weighted by Gasteiger charge is -2.14. The molecule has 0 aliphatic carbocycles. The zero-order valence-electron chi connectivity index (χ0n) is 12.4. The average Bonchev–Trinajstić information content (AvgIpc) is 2.45. The van der Waals surface area contributed by atoms with Gasteiger partial charge in [0.15, 0.2) is 0 Å². The van der Waals surface area contributed by atoms with Crippen molar-refractivity contribution in [1.29, 1.82) is 0 Å². The van der Waals surface area contributed by atoms with Gasteiger partial charge in [-0.25, -0.2) is 0 Å². The van der Waals surface area contributed by atoms with Gasteiger partial charge in [0.05, 0.1) is 7.11 Å². The number of hydrogen-bond acceptors (Lipinski definition) is 4. The molecule has 4 heteroatoms. The molecule has 112 valence electrons. The van der Waals surface area contributed by atoms with Crippen molar-refractivity contribution in [3.63, 3.8) is 0 Å². The maximum atomic E-state index is 9.46. The van der Waals surface area contributed by atoms with Gasteiger partial charge in [-0.1, -0.05) is 12.1 Å². The zero-order chi connectivity index (χ0) is 15.2. The van der Waals surface area contributed by atoms with Crippen LogP contribution in [0.1, 0.15) is 18.1 Å². The van der Waals surface area contributed by atoms with E-state index >= 15 is 0 Å². The zero-order valence-corrected chi connectivity index (χ0v) is 12.4. The van der Waals surface area contributed by atoms with Gasteiger partial charge in [0.2, 0.25) is 0 Å². The summed E-state index contributed by atoms with van der Waals surface area (Å²) in [5.74, 6) is 1.81. The summed E-state index contributed by atoms with van der Waals surface area (Å²) in [6, 6.07) is 12.8. The highest BCUT2D eigenvalue weighted by Gasteiger charge is 2.08. The second-order valence-electron chi connectivity index (χ2n) is 5.11. The van der Waals surface area contributed by atoms with Crippen LogP contribution >= 0.6 is 0 Å². The Morgan fingerprint density at radius 2 is 2.00 bits per heavy atom.